The molecule has 114 valence electrons. The first kappa shape index (κ1) is 16.2. The summed E-state index contributed by atoms with van der Waals surface area (Å²) in [5, 5.41) is 8.94. The van der Waals surface area contributed by atoms with E-state index in [1.165, 1.54) is 37.5 Å². The molecule has 0 spiro atoms. The fourth-order valence-corrected chi connectivity index (χ4v) is 3.69. The molecule has 1 N–H and O–H groups in total. The topological polar surface area (TPSA) is 73.2 Å². The molecule has 0 aliphatic carbocycles. The van der Waals surface area contributed by atoms with E-state index in [1.54, 1.807) is 0 Å². The molecule has 1 aliphatic heterocycles. The van der Waals surface area contributed by atoms with E-state index in [2.05, 4.69) is 9.62 Å². The van der Waals surface area contributed by atoms with Gasteiger partial charge in [-0.3, -0.25) is 0 Å². The van der Waals surface area contributed by atoms with Gasteiger partial charge in [0.25, 0.3) is 0 Å². The summed E-state index contributed by atoms with van der Waals surface area (Å²) in [5.41, 5.74) is 0.268. The van der Waals surface area contributed by atoms with Crippen molar-refractivity contribution in [3.8, 4) is 6.07 Å². The average Bonchev–Trinajstić information content (AvgIpc) is 2.48. The van der Waals surface area contributed by atoms with Crippen molar-refractivity contribution in [1.82, 2.24) is 9.62 Å². The van der Waals surface area contributed by atoms with Gasteiger partial charge in [0.1, 0.15) is 6.07 Å². The van der Waals surface area contributed by atoms with Crippen molar-refractivity contribution in [2.45, 2.75) is 24.2 Å². The molecule has 1 aromatic rings. The zero-order valence-electron chi connectivity index (χ0n) is 11.7. The second kappa shape index (κ2) is 7.23. The summed E-state index contributed by atoms with van der Waals surface area (Å²) in [6, 6.07) is 6.03. The Bertz CT molecular complexity index is 634. The fourth-order valence-electron chi connectivity index (χ4n) is 2.36. The third-order valence-corrected chi connectivity index (χ3v) is 5.31. The molecular weight excluding hydrogens is 310 g/mol. The SMILES string of the molecule is N#Cc1ccc(S(=O)(=O)NCCN2CCCCC2)cc1Cl. The van der Waals surface area contributed by atoms with Crippen molar-refractivity contribution in [1.29, 1.82) is 5.26 Å². The quantitative estimate of drug-likeness (QED) is 0.897. The summed E-state index contributed by atoms with van der Waals surface area (Å²) in [5.74, 6) is 0. The van der Waals surface area contributed by atoms with Crippen LogP contribution < -0.4 is 4.72 Å². The Kier molecular flexibility index (Phi) is 5.59. The average molecular weight is 328 g/mol. The van der Waals surface area contributed by atoms with Gasteiger partial charge in [0, 0.05) is 13.1 Å². The molecule has 1 saturated heterocycles. The lowest BCUT2D eigenvalue weighted by atomic mass is 10.1. The molecule has 0 unspecified atom stereocenters. The standard InChI is InChI=1S/C14H18ClN3O2S/c15-14-10-13(5-4-12(14)11-16)21(19,20)17-6-9-18-7-2-1-3-8-18/h4-5,10,17H,1-3,6-9H2. The molecule has 0 saturated carbocycles. The number of nitriles is 1. The van der Waals surface area contributed by atoms with Crippen LogP contribution in [0.5, 0.6) is 0 Å². The van der Waals surface area contributed by atoms with E-state index in [1.807, 2.05) is 6.07 Å². The lowest BCUT2D eigenvalue weighted by Crippen LogP contribution is -2.37. The highest BCUT2D eigenvalue weighted by Gasteiger charge is 2.16. The summed E-state index contributed by atoms with van der Waals surface area (Å²) < 4.78 is 26.9. The molecule has 5 nitrogen and oxygen atoms in total. The molecule has 0 aromatic heterocycles. The highest BCUT2D eigenvalue weighted by molar-refractivity contribution is 7.89. The minimum Gasteiger partial charge on any atom is -0.302 e. The van der Waals surface area contributed by atoms with Crippen molar-refractivity contribution < 1.29 is 8.42 Å². The normalized spacial score (nSPS) is 16.6. The van der Waals surface area contributed by atoms with Gasteiger partial charge in [-0.15, -0.1) is 0 Å². The number of hydrogen-bond acceptors (Lipinski definition) is 4. The molecule has 0 atom stereocenters. The van der Waals surface area contributed by atoms with Gasteiger partial charge < -0.3 is 4.90 Å². The predicted molar refractivity (Wildman–Crippen MR) is 81.6 cm³/mol. The van der Waals surface area contributed by atoms with Gasteiger partial charge in [-0.05, 0) is 44.1 Å². The molecule has 21 heavy (non-hydrogen) atoms. The van der Waals surface area contributed by atoms with Crippen LogP contribution in [-0.2, 0) is 10.0 Å². The van der Waals surface area contributed by atoms with E-state index in [4.69, 9.17) is 16.9 Å². The number of likely N-dealkylation sites (tertiary alicyclic amines) is 1. The van der Waals surface area contributed by atoms with Crippen LogP contribution in [0, 0.1) is 11.3 Å². The van der Waals surface area contributed by atoms with Crippen LogP contribution in [0.1, 0.15) is 24.8 Å². The highest BCUT2D eigenvalue weighted by Crippen LogP contribution is 2.20. The van der Waals surface area contributed by atoms with Gasteiger partial charge in [-0.1, -0.05) is 18.0 Å². The van der Waals surface area contributed by atoms with Crippen molar-refractivity contribution >= 4 is 21.6 Å². The summed E-state index contributed by atoms with van der Waals surface area (Å²) in [4.78, 5) is 2.35. The first-order valence-corrected chi connectivity index (χ1v) is 8.81. The van der Waals surface area contributed by atoms with E-state index < -0.39 is 10.0 Å². The number of benzene rings is 1. The summed E-state index contributed by atoms with van der Waals surface area (Å²) in [7, 11) is -3.58. The van der Waals surface area contributed by atoms with Crippen LogP contribution in [0.15, 0.2) is 23.1 Å². The maximum absolute atomic E-state index is 12.2. The van der Waals surface area contributed by atoms with E-state index in [-0.39, 0.29) is 15.5 Å². The zero-order valence-corrected chi connectivity index (χ0v) is 13.3. The van der Waals surface area contributed by atoms with Gasteiger partial charge >= 0.3 is 0 Å². The molecular formula is C14H18ClN3O2S. The number of halogens is 1. The fraction of sp³-hybridized carbons (Fsp3) is 0.500. The van der Waals surface area contributed by atoms with E-state index in [0.29, 0.717) is 13.1 Å². The third kappa shape index (κ3) is 4.42. The third-order valence-electron chi connectivity index (χ3n) is 3.54. The largest absolute Gasteiger partial charge is 0.302 e. The first-order valence-electron chi connectivity index (χ1n) is 6.94. The number of nitrogens with one attached hydrogen (secondary N) is 1. The predicted octanol–water partition coefficient (Wildman–Crippen LogP) is 1.98. The van der Waals surface area contributed by atoms with Crippen LogP contribution in [-0.4, -0.2) is 39.5 Å². The van der Waals surface area contributed by atoms with Crippen LogP contribution in [0.3, 0.4) is 0 Å². The Balaban J connectivity index is 1.95. The molecule has 0 bridgehead atoms. The van der Waals surface area contributed by atoms with Crippen molar-refractivity contribution in [3.63, 3.8) is 0 Å². The second-order valence-corrected chi connectivity index (χ2v) is 7.23. The van der Waals surface area contributed by atoms with Gasteiger partial charge in [-0.2, -0.15) is 5.26 Å². The monoisotopic (exact) mass is 327 g/mol. The van der Waals surface area contributed by atoms with E-state index in [9.17, 15) is 8.42 Å². The molecule has 0 radical (unpaired) electrons. The summed E-state index contributed by atoms with van der Waals surface area (Å²) >= 11 is 5.87. The highest BCUT2D eigenvalue weighted by atomic mass is 35.5. The molecule has 1 aliphatic rings. The Labute approximate surface area is 130 Å². The van der Waals surface area contributed by atoms with Crippen LogP contribution >= 0.6 is 11.6 Å². The van der Waals surface area contributed by atoms with E-state index in [0.717, 1.165) is 13.1 Å². The van der Waals surface area contributed by atoms with Gasteiger partial charge in [0.2, 0.25) is 10.0 Å². The lowest BCUT2D eigenvalue weighted by molar-refractivity contribution is 0.233. The molecule has 1 fully saturated rings. The van der Waals surface area contributed by atoms with Crippen molar-refractivity contribution in [3.05, 3.63) is 28.8 Å². The number of nitrogens with zero attached hydrogens (tertiary/aromatic N) is 2. The second-order valence-electron chi connectivity index (χ2n) is 5.05. The molecule has 0 amide bonds. The lowest BCUT2D eigenvalue weighted by Gasteiger charge is -2.26. The minimum atomic E-state index is -3.58. The number of hydrogen-bond donors (Lipinski definition) is 1. The Hall–Kier alpha value is -1.13. The van der Waals surface area contributed by atoms with Crippen molar-refractivity contribution in [2.75, 3.05) is 26.2 Å². The van der Waals surface area contributed by atoms with Crippen molar-refractivity contribution in [2.24, 2.45) is 0 Å². The summed E-state index contributed by atoms with van der Waals surface area (Å²) in [6.45, 7) is 3.15. The Morgan fingerprint density at radius 1 is 1.29 bits per heavy atom. The number of rotatable bonds is 5. The van der Waals surface area contributed by atoms with Crippen LogP contribution in [0.4, 0.5) is 0 Å². The number of sulfonamides is 1. The molecule has 1 heterocycles. The minimum absolute atomic E-state index is 0.0881. The van der Waals surface area contributed by atoms with Gasteiger partial charge in [0.15, 0.2) is 0 Å². The van der Waals surface area contributed by atoms with Gasteiger partial charge in [-0.25, -0.2) is 13.1 Å². The smallest absolute Gasteiger partial charge is 0.240 e. The van der Waals surface area contributed by atoms with Crippen LogP contribution in [0.25, 0.3) is 0 Å². The zero-order chi connectivity index (χ0) is 15.3. The molecule has 7 heteroatoms. The maximum atomic E-state index is 12.2. The summed E-state index contributed by atoms with van der Waals surface area (Å²) in [6.07, 6.45) is 3.61. The molecule has 2 rings (SSSR count). The van der Waals surface area contributed by atoms with Gasteiger partial charge in [0.05, 0.1) is 15.5 Å². The van der Waals surface area contributed by atoms with E-state index >= 15 is 0 Å². The van der Waals surface area contributed by atoms with Crippen LogP contribution in [0.2, 0.25) is 5.02 Å². The maximum Gasteiger partial charge on any atom is 0.240 e. The first-order chi connectivity index (χ1) is 10.0. The molecule has 1 aromatic carbocycles. The number of piperidine rings is 1. The Morgan fingerprint density at radius 3 is 2.62 bits per heavy atom. The Morgan fingerprint density at radius 2 is 2.00 bits per heavy atom.